The average molecular weight is 316 g/mol. The van der Waals surface area contributed by atoms with Gasteiger partial charge in [-0.15, -0.1) is 0 Å². The fraction of sp³-hybridized carbons (Fsp3) is 0.615. The lowest BCUT2D eigenvalue weighted by atomic mass is 9.92. The summed E-state index contributed by atoms with van der Waals surface area (Å²) < 4.78 is 5.27. The number of rotatable bonds is 5. The van der Waals surface area contributed by atoms with Crippen molar-refractivity contribution in [2.24, 2.45) is 0 Å². The molecule has 0 saturated carbocycles. The van der Waals surface area contributed by atoms with Gasteiger partial charge in [-0.25, -0.2) is 4.79 Å². The molecule has 0 spiro atoms. The number of aliphatic hydroxyl groups excluding tert-OH is 2. The van der Waals surface area contributed by atoms with Crippen molar-refractivity contribution in [1.82, 2.24) is 10.6 Å². The van der Waals surface area contributed by atoms with E-state index in [1.807, 2.05) is 0 Å². The molecule has 0 bridgehead atoms. The molecule has 0 radical (unpaired) electrons. The summed E-state index contributed by atoms with van der Waals surface area (Å²) in [6.07, 6.45) is -2.65. The number of aliphatic hydroxyl groups is 2. The molecule has 1 aliphatic rings. The van der Waals surface area contributed by atoms with Crippen molar-refractivity contribution in [3.63, 3.8) is 0 Å². The van der Waals surface area contributed by atoms with Crippen molar-refractivity contribution in [3.05, 3.63) is 11.8 Å². The van der Waals surface area contributed by atoms with Gasteiger partial charge in [0.15, 0.2) is 0 Å². The molecule has 0 aromatic heterocycles. The summed E-state index contributed by atoms with van der Waals surface area (Å²) in [6, 6.07) is -2.04. The van der Waals surface area contributed by atoms with Crippen LogP contribution in [0.5, 0.6) is 0 Å². The summed E-state index contributed by atoms with van der Waals surface area (Å²) in [5, 5.41) is 33.7. The summed E-state index contributed by atoms with van der Waals surface area (Å²) in [7, 11) is 0. The lowest BCUT2D eigenvalue weighted by Gasteiger charge is -2.39. The van der Waals surface area contributed by atoms with Crippen LogP contribution in [0.15, 0.2) is 11.8 Å². The first kappa shape index (κ1) is 17.9. The number of aliphatic carboxylic acids is 1. The quantitative estimate of drug-likeness (QED) is 0.398. The molecule has 0 fully saturated rings. The molecule has 1 aliphatic heterocycles. The molecular formula is C13H20N2O7. The van der Waals surface area contributed by atoms with Gasteiger partial charge >= 0.3 is 5.97 Å². The van der Waals surface area contributed by atoms with E-state index < -0.39 is 53.9 Å². The predicted octanol–water partition coefficient (Wildman–Crippen LogP) is -1.90. The lowest BCUT2D eigenvalue weighted by Crippen LogP contribution is -2.63. The van der Waals surface area contributed by atoms with E-state index in [0.717, 1.165) is 6.08 Å². The number of carboxylic acids is 1. The van der Waals surface area contributed by atoms with Crippen molar-refractivity contribution in [2.75, 3.05) is 0 Å². The molecule has 5 N–H and O–H groups in total. The third-order valence-corrected chi connectivity index (χ3v) is 3.13. The Balaban J connectivity index is 3.17. The van der Waals surface area contributed by atoms with E-state index in [1.54, 1.807) is 0 Å². The van der Waals surface area contributed by atoms with Gasteiger partial charge in [-0.1, -0.05) is 0 Å². The molecule has 9 nitrogen and oxygen atoms in total. The van der Waals surface area contributed by atoms with Crippen LogP contribution in [-0.4, -0.2) is 63.5 Å². The molecule has 9 heteroatoms. The largest absolute Gasteiger partial charge is 0.479 e. The highest BCUT2D eigenvalue weighted by Gasteiger charge is 2.43. The maximum Gasteiger partial charge on any atom is 0.370 e. The molecule has 0 saturated heterocycles. The third kappa shape index (κ3) is 4.43. The Morgan fingerprint density at radius 2 is 1.86 bits per heavy atom. The Labute approximate surface area is 127 Å². The van der Waals surface area contributed by atoms with Crippen LogP contribution in [0, 0.1) is 0 Å². The van der Waals surface area contributed by atoms with E-state index >= 15 is 0 Å². The number of carbonyl (C=O) groups excluding carboxylic acids is 2. The molecule has 2 amide bonds. The Hall–Kier alpha value is -2.13. The van der Waals surface area contributed by atoms with Crippen LogP contribution in [0.4, 0.5) is 0 Å². The van der Waals surface area contributed by atoms with Gasteiger partial charge in [0.2, 0.25) is 17.6 Å². The van der Waals surface area contributed by atoms with Crippen molar-refractivity contribution < 1.29 is 34.4 Å². The monoisotopic (exact) mass is 316 g/mol. The SMILES string of the molecule is CC(=O)N[C@@H]1C([C@H](NC(C)=O)[C@@H](C)O)OC(C(=O)O)=C[C@@H]1O. The zero-order valence-corrected chi connectivity index (χ0v) is 12.4. The van der Waals surface area contributed by atoms with Gasteiger partial charge in [0.05, 0.1) is 18.2 Å². The van der Waals surface area contributed by atoms with Gasteiger partial charge in [0, 0.05) is 13.8 Å². The van der Waals surface area contributed by atoms with Crippen LogP contribution < -0.4 is 10.6 Å². The Morgan fingerprint density at radius 1 is 1.27 bits per heavy atom. The number of ether oxygens (including phenoxy) is 1. The van der Waals surface area contributed by atoms with Crippen molar-refractivity contribution in [2.45, 2.75) is 51.2 Å². The first-order valence-corrected chi connectivity index (χ1v) is 6.65. The van der Waals surface area contributed by atoms with Crippen molar-refractivity contribution >= 4 is 17.8 Å². The fourth-order valence-electron chi connectivity index (χ4n) is 2.24. The minimum atomic E-state index is -1.41. The summed E-state index contributed by atoms with van der Waals surface area (Å²) in [6.45, 7) is 3.81. The highest BCUT2D eigenvalue weighted by molar-refractivity contribution is 5.84. The summed E-state index contributed by atoms with van der Waals surface area (Å²) in [5.74, 6) is -2.87. The van der Waals surface area contributed by atoms with E-state index in [0.29, 0.717) is 0 Å². The molecule has 0 aromatic carbocycles. The summed E-state index contributed by atoms with van der Waals surface area (Å²) in [5.41, 5.74) is 0. The van der Waals surface area contributed by atoms with Gasteiger partial charge in [-0.3, -0.25) is 9.59 Å². The Bertz CT molecular complexity index is 489. The summed E-state index contributed by atoms with van der Waals surface area (Å²) >= 11 is 0. The standard InChI is InChI=1S/C13H20N2O7/c1-5(16)10(14-6(2)17)12-11(15-7(3)18)8(19)4-9(22-12)13(20)21/h4-5,8,10-12,16,19H,1-3H3,(H,14,17)(H,15,18)(H,20,21)/t5-,8+,10-,11+,12?/m1/s1. The number of hydrogen-bond donors (Lipinski definition) is 5. The molecule has 22 heavy (non-hydrogen) atoms. The fourth-order valence-corrected chi connectivity index (χ4v) is 2.24. The van der Waals surface area contributed by atoms with Crippen molar-refractivity contribution in [3.8, 4) is 0 Å². The zero-order chi connectivity index (χ0) is 17.0. The molecule has 0 aromatic rings. The maximum atomic E-state index is 11.3. The molecule has 1 unspecified atom stereocenters. The molecule has 124 valence electrons. The third-order valence-electron chi connectivity index (χ3n) is 3.13. The lowest BCUT2D eigenvalue weighted by molar-refractivity contribution is -0.142. The van der Waals surface area contributed by atoms with Crippen molar-refractivity contribution in [1.29, 1.82) is 0 Å². The Morgan fingerprint density at radius 3 is 2.27 bits per heavy atom. The normalized spacial score (nSPS) is 27.0. The number of carboxylic acid groups (broad SMARTS) is 1. The van der Waals surface area contributed by atoms with E-state index in [-0.39, 0.29) is 0 Å². The van der Waals surface area contributed by atoms with E-state index in [4.69, 9.17) is 9.84 Å². The number of amides is 2. The number of hydrogen-bond acceptors (Lipinski definition) is 6. The zero-order valence-electron chi connectivity index (χ0n) is 12.4. The van der Waals surface area contributed by atoms with E-state index in [2.05, 4.69) is 10.6 Å². The topological polar surface area (TPSA) is 145 Å². The summed E-state index contributed by atoms with van der Waals surface area (Å²) in [4.78, 5) is 33.6. The molecule has 0 aliphatic carbocycles. The van der Waals surface area contributed by atoms with Gasteiger partial charge in [-0.05, 0) is 13.0 Å². The predicted molar refractivity (Wildman–Crippen MR) is 73.5 cm³/mol. The first-order chi connectivity index (χ1) is 10.1. The molecule has 5 atom stereocenters. The van der Waals surface area contributed by atoms with Crippen LogP contribution in [0.25, 0.3) is 0 Å². The Kier molecular flexibility index (Phi) is 5.89. The van der Waals surface area contributed by atoms with Gasteiger partial charge in [0.25, 0.3) is 0 Å². The van der Waals surface area contributed by atoms with Crippen LogP contribution in [0.2, 0.25) is 0 Å². The van der Waals surface area contributed by atoms with Gasteiger partial charge in [-0.2, -0.15) is 0 Å². The van der Waals surface area contributed by atoms with Gasteiger partial charge < -0.3 is 30.7 Å². The van der Waals surface area contributed by atoms with Crippen LogP contribution in [0.1, 0.15) is 20.8 Å². The van der Waals surface area contributed by atoms with E-state index in [9.17, 15) is 24.6 Å². The second-order valence-electron chi connectivity index (χ2n) is 5.10. The second kappa shape index (κ2) is 7.23. The minimum absolute atomic E-state index is 0.475. The smallest absolute Gasteiger partial charge is 0.370 e. The average Bonchev–Trinajstić information content (AvgIpc) is 2.37. The number of carbonyl (C=O) groups is 3. The number of nitrogens with one attached hydrogen (secondary N) is 2. The molecule has 1 heterocycles. The molecule has 1 rings (SSSR count). The maximum absolute atomic E-state index is 11.3. The first-order valence-electron chi connectivity index (χ1n) is 6.65. The van der Waals surface area contributed by atoms with Crippen LogP contribution >= 0.6 is 0 Å². The van der Waals surface area contributed by atoms with Gasteiger partial charge in [0.1, 0.15) is 12.2 Å². The van der Waals surface area contributed by atoms with E-state index in [1.165, 1.54) is 20.8 Å². The van der Waals surface area contributed by atoms with Crippen LogP contribution in [-0.2, 0) is 19.1 Å². The molecular weight excluding hydrogens is 296 g/mol. The highest BCUT2D eigenvalue weighted by Crippen LogP contribution is 2.23. The minimum Gasteiger partial charge on any atom is -0.479 e. The highest BCUT2D eigenvalue weighted by atomic mass is 16.5. The second-order valence-corrected chi connectivity index (χ2v) is 5.10. The van der Waals surface area contributed by atoms with Crippen LogP contribution in [0.3, 0.4) is 0 Å².